The van der Waals surface area contributed by atoms with Crippen molar-refractivity contribution in [2.75, 3.05) is 32.1 Å². The van der Waals surface area contributed by atoms with Crippen molar-refractivity contribution in [2.24, 2.45) is 5.92 Å². The molecule has 1 unspecified atom stereocenters. The number of rotatable bonds is 4. The highest BCUT2D eigenvalue weighted by molar-refractivity contribution is 5.60. The Morgan fingerprint density at radius 2 is 2.47 bits per heavy atom. The summed E-state index contributed by atoms with van der Waals surface area (Å²) in [5.74, 6) is 1.42. The van der Waals surface area contributed by atoms with Gasteiger partial charge in [0, 0.05) is 12.6 Å². The molecule has 1 atom stereocenters. The van der Waals surface area contributed by atoms with Crippen LogP contribution in [0.25, 0.3) is 0 Å². The number of anilines is 1. The first-order chi connectivity index (χ1) is 8.33. The van der Waals surface area contributed by atoms with E-state index in [-0.39, 0.29) is 0 Å². The van der Waals surface area contributed by atoms with E-state index in [1.807, 2.05) is 6.07 Å². The Hall–Kier alpha value is -1.73. The van der Waals surface area contributed by atoms with Crippen LogP contribution < -0.4 is 15.4 Å². The van der Waals surface area contributed by atoms with Crippen LogP contribution in [0.3, 0.4) is 0 Å². The van der Waals surface area contributed by atoms with E-state index >= 15 is 0 Å². The van der Waals surface area contributed by atoms with Gasteiger partial charge in [-0.1, -0.05) is 0 Å². The molecule has 0 bridgehead atoms. The summed E-state index contributed by atoms with van der Waals surface area (Å²) in [5.41, 5.74) is 1.52. The molecule has 1 aromatic carbocycles. The summed E-state index contributed by atoms with van der Waals surface area (Å²) in [6.07, 6.45) is 1.19. The third-order valence-electron chi connectivity index (χ3n) is 3.09. The third-order valence-corrected chi connectivity index (χ3v) is 3.09. The summed E-state index contributed by atoms with van der Waals surface area (Å²) in [4.78, 5) is 0. The molecule has 0 saturated carbocycles. The monoisotopic (exact) mass is 231 g/mol. The zero-order valence-corrected chi connectivity index (χ0v) is 9.99. The lowest BCUT2D eigenvalue weighted by molar-refractivity contribution is 0.415. The van der Waals surface area contributed by atoms with Crippen LogP contribution in [0.1, 0.15) is 12.0 Å². The first-order valence-electron chi connectivity index (χ1n) is 5.86. The lowest BCUT2D eigenvalue weighted by Gasteiger charge is -2.13. The molecule has 0 spiro atoms. The molecule has 2 N–H and O–H groups in total. The van der Waals surface area contributed by atoms with Crippen molar-refractivity contribution in [1.82, 2.24) is 5.32 Å². The van der Waals surface area contributed by atoms with Gasteiger partial charge in [0.2, 0.25) is 0 Å². The Morgan fingerprint density at radius 3 is 3.12 bits per heavy atom. The largest absolute Gasteiger partial charge is 0.497 e. The quantitative estimate of drug-likeness (QED) is 0.826. The van der Waals surface area contributed by atoms with Gasteiger partial charge in [0.25, 0.3) is 0 Å². The number of benzene rings is 1. The van der Waals surface area contributed by atoms with Crippen LogP contribution in [-0.4, -0.2) is 26.7 Å². The number of ether oxygens (including phenoxy) is 1. The molecule has 1 aliphatic rings. The molecule has 0 aliphatic carbocycles. The molecule has 1 aromatic rings. The Balaban J connectivity index is 2.04. The summed E-state index contributed by atoms with van der Waals surface area (Å²) >= 11 is 0. The van der Waals surface area contributed by atoms with Crippen molar-refractivity contribution in [3.63, 3.8) is 0 Å². The van der Waals surface area contributed by atoms with Gasteiger partial charge in [-0.15, -0.1) is 0 Å². The van der Waals surface area contributed by atoms with E-state index in [9.17, 15) is 0 Å². The molecule has 2 rings (SSSR count). The van der Waals surface area contributed by atoms with Crippen LogP contribution >= 0.6 is 0 Å². The zero-order valence-electron chi connectivity index (χ0n) is 9.99. The van der Waals surface area contributed by atoms with Crippen LogP contribution in [-0.2, 0) is 0 Å². The van der Waals surface area contributed by atoms with Crippen molar-refractivity contribution in [3.8, 4) is 11.8 Å². The summed E-state index contributed by atoms with van der Waals surface area (Å²) in [5, 5.41) is 15.7. The summed E-state index contributed by atoms with van der Waals surface area (Å²) in [7, 11) is 1.63. The number of hydrogen-bond donors (Lipinski definition) is 2. The van der Waals surface area contributed by atoms with E-state index in [4.69, 9.17) is 10.00 Å². The maximum absolute atomic E-state index is 9.03. The van der Waals surface area contributed by atoms with E-state index in [0.29, 0.717) is 11.5 Å². The molecule has 1 heterocycles. The molecule has 1 saturated heterocycles. The van der Waals surface area contributed by atoms with Gasteiger partial charge >= 0.3 is 0 Å². The standard InChI is InChI=1S/C13H17N3O/c1-17-12-3-2-11(7-14)13(6-12)16-9-10-4-5-15-8-10/h2-3,6,10,15-16H,4-5,8-9H2,1H3. The van der Waals surface area contributed by atoms with E-state index in [2.05, 4.69) is 16.7 Å². The van der Waals surface area contributed by atoms with Gasteiger partial charge in [0.15, 0.2) is 0 Å². The van der Waals surface area contributed by atoms with Crippen molar-refractivity contribution in [3.05, 3.63) is 23.8 Å². The topological polar surface area (TPSA) is 57.1 Å². The number of hydrogen-bond acceptors (Lipinski definition) is 4. The molecular formula is C13H17N3O. The van der Waals surface area contributed by atoms with Crippen LogP contribution in [0.15, 0.2) is 18.2 Å². The van der Waals surface area contributed by atoms with E-state index < -0.39 is 0 Å². The fourth-order valence-electron chi connectivity index (χ4n) is 2.04. The molecule has 90 valence electrons. The van der Waals surface area contributed by atoms with Crippen LogP contribution in [0, 0.1) is 17.2 Å². The average Bonchev–Trinajstić information content (AvgIpc) is 2.89. The molecule has 1 fully saturated rings. The molecular weight excluding hydrogens is 214 g/mol. The predicted molar refractivity (Wildman–Crippen MR) is 67.2 cm³/mol. The van der Waals surface area contributed by atoms with Gasteiger partial charge in [0.05, 0.1) is 18.4 Å². The average molecular weight is 231 g/mol. The Labute approximate surface area is 102 Å². The maximum Gasteiger partial charge on any atom is 0.121 e. The minimum Gasteiger partial charge on any atom is -0.497 e. The fraction of sp³-hybridized carbons (Fsp3) is 0.462. The van der Waals surface area contributed by atoms with E-state index in [0.717, 1.165) is 31.1 Å². The SMILES string of the molecule is COc1ccc(C#N)c(NCC2CCNC2)c1. The molecule has 0 radical (unpaired) electrons. The molecule has 0 aromatic heterocycles. The molecule has 4 nitrogen and oxygen atoms in total. The highest BCUT2D eigenvalue weighted by atomic mass is 16.5. The molecule has 17 heavy (non-hydrogen) atoms. The van der Waals surface area contributed by atoms with Gasteiger partial charge < -0.3 is 15.4 Å². The highest BCUT2D eigenvalue weighted by Gasteiger charge is 2.14. The van der Waals surface area contributed by atoms with Gasteiger partial charge in [-0.25, -0.2) is 0 Å². The lowest BCUT2D eigenvalue weighted by atomic mass is 10.1. The van der Waals surface area contributed by atoms with Crippen molar-refractivity contribution < 1.29 is 4.74 Å². The van der Waals surface area contributed by atoms with Gasteiger partial charge in [0.1, 0.15) is 11.8 Å². The Bertz CT molecular complexity index is 419. The van der Waals surface area contributed by atoms with Crippen molar-refractivity contribution in [2.45, 2.75) is 6.42 Å². The smallest absolute Gasteiger partial charge is 0.121 e. The second-order valence-electron chi connectivity index (χ2n) is 4.26. The molecule has 0 amide bonds. The normalized spacial score (nSPS) is 18.7. The lowest BCUT2D eigenvalue weighted by Crippen LogP contribution is -2.17. The number of nitrogens with zero attached hydrogens (tertiary/aromatic N) is 1. The van der Waals surface area contributed by atoms with Gasteiger partial charge in [-0.05, 0) is 37.6 Å². The van der Waals surface area contributed by atoms with E-state index in [1.54, 1.807) is 19.2 Å². The van der Waals surface area contributed by atoms with Crippen molar-refractivity contribution >= 4 is 5.69 Å². The van der Waals surface area contributed by atoms with Crippen LogP contribution in [0.4, 0.5) is 5.69 Å². The summed E-state index contributed by atoms with van der Waals surface area (Å²) in [6, 6.07) is 7.66. The summed E-state index contributed by atoms with van der Waals surface area (Å²) in [6.45, 7) is 3.04. The highest BCUT2D eigenvalue weighted by Crippen LogP contribution is 2.22. The second-order valence-corrected chi connectivity index (χ2v) is 4.26. The zero-order chi connectivity index (χ0) is 12.1. The maximum atomic E-state index is 9.03. The van der Waals surface area contributed by atoms with Crippen LogP contribution in [0.2, 0.25) is 0 Å². The van der Waals surface area contributed by atoms with Gasteiger partial charge in [-0.2, -0.15) is 5.26 Å². The Kier molecular flexibility index (Phi) is 3.84. The molecule has 1 aliphatic heterocycles. The molecule has 4 heteroatoms. The number of nitrogens with one attached hydrogen (secondary N) is 2. The first kappa shape index (κ1) is 11.7. The number of methoxy groups -OCH3 is 1. The first-order valence-corrected chi connectivity index (χ1v) is 5.86. The second kappa shape index (κ2) is 5.55. The minimum absolute atomic E-state index is 0.646. The fourth-order valence-corrected chi connectivity index (χ4v) is 2.04. The van der Waals surface area contributed by atoms with Gasteiger partial charge in [-0.3, -0.25) is 0 Å². The van der Waals surface area contributed by atoms with Crippen LogP contribution in [0.5, 0.6) is 5.75 Å². The number of nitriles is 1. The summed E-state index contributed by atoms with van der Waals surface area (Å²) < 4.78 is 5.16. The van der Waals surface area contributed by atoms with Crippen molar-refractivity contribution in [1.29, 1.82) is 5.26 Å². The Morgan fingerprint density at radius 1 is 1.59 bits per heavy atom. The third kappa shape index (κ3) is 2.89. The van der Waals surface area contributed by atoms with E-state index in [1.165, 1.54) is 6.42 Å². The minimum atomic E-state index is 0.646. The predicted octanol–water partition coefficient (Wildman–Crippen LogP) is 1.59.